The number of hydrogen-bond acceptors (Lipinski definition) is 6. The van der Waals surface area contributed by atoms with Gasteiger partial charge in [-0.3, -0.25) is 4.79 Å². The fourth-order valence-electron chi connectivity index (χ4n) is 2.18. The summed E-state index contributed by atoms with van der Waals surface area (Å²) in [4.78, 5) is 14.0. The van der Waals surface area contributed by atoms with Crippen molar-refractivity contribution in [3.63, 3.8) is 0 Å². The number of nitrogens with zero attached hydrogens (tertiary/aromatic N) is 2. The van der Waals surface area contributed by atoms with Crippen LogP contribution in [0.5, 0.6) is 0 Å². The molecule has 1 amide bonds. The Morgan fingerprint density at radius 1 is 1.48 bits per heavy atom. The van der Waals surface area contributed by atoms with E-state index in [9.17, 15) is 4.79 Å². The first kappa shape index (κ1) is 17.1. The molecular weight excluding hydrogens is 298 g/mol. The highest BCUT2D eigenvalue weighted by Crippen LogP contribution is 2.21. The lowest BCUT2D eigenvalue weighted by atomic mass is 10.2. The second-order valence-electron chi connectivity index (χ2n) is 5.05. The molecule has 1 saturated heterocycles. The summed E-state index contributed by atoms with van der Waals surface area (Å²) in [6.07, 6.45) is 2.15. The molecule has 1 aliphatic heterocycles. The Labute approximate surface area is 135 Å². The van der Waals surface area contributed by atoms with Gasteiger partial charge < -0.3 is 24.1 Å². The van der Waals surface area contributed by atoms with E-state index >= 15 is 0 Å². The number of carbonyl (C=O) groups excluding carboxylic acids is 1. The van der Waals surface area contributed by atoms with E-state index in [1.54, 1.807) is 13.2 Å². The Balaban J connectivity index is 1.96. The van der Waals surface area contributed by atoms with E-state index in [1.165, 1.54) is 6.08 Å². The van der Waals surface area contributed by atoms with Crippen LogP contribution < -0.4 is 10.2 Å². The highest BCUT2D eigenvalue weighted by Gasteiger charge is 2.15. The highest BCUT2D eigenvalue weighted by atomic mass is 16.5. The van der Waals surface area contributed by atoms with Gasteiger partial charge in [-0.05, 0) is 12.5 Å². The summed E-state index contributed by atoms with van der Waals surface area (Å²) in [7, 11) is 1.60. The number of anilines is 1. The van der Waals surface area contributed by atoms with Gasteiger partial charge in [0, 0.05) is 45.5 Å². The predicted molar refractivity (Wildman–Crippen MR) is 84.8 cm³/mol. The molecule has 0 saturated carbocycles. The van der Waals surface area contributed by atoms with Gasteiger partial charge in [0.25, 0.3) is 5.91 Å². The number of methoxy groups -OCH3 is 1. The quantitative estimate of drug-likeness (QED) is 0.461. The van der Waals surface area contributed by atoms with E-state index in [0.717, 1.165) is 19.0 Å². The first-order valence-corrected chi connectivity index (χ1v) is 7.56. The van der Waals surface area contributed by atoms with Crippen LogP contribution in [0.3, 0.4) is 0 Å². The number of nitrogens with one attached hydrogen (secondary N) is 1. The van der Waals surface area contributed by atoms with Crippen molar-refractivity contribution in [1.29, 1.82) is 5.26 Å². The molecule has 1 aromatic rings. The van der Waals surface area contributed by atoms with Gasteiger partial charge in [0.1, 0.15) is 17.4 Å². The highest BCUT2D eigenvalue weighted by molar-refractivity contribution is 6.01. The van der Waals surface area contributed by atoms with Crippen LogP contribution in [0.2, 0.25) is 0 Å². The molecule has 7 nitrogen and oxygen atoms in total. The molecule has 2 heterocycles. The van der Waals surface area contributed by atoms with Crippen molar-refractivity contribution < 1.29 is 18.7 Å². The maximum Gasteiger partial charge on any atom is 0.262 e. The molecule has 1 fully saturated rings. The maximum atomic E-state index is 11.9. The zero-order valence-corrected chi connectivity index (χ0v) is 13.2. The van der Waals surface area contributed by atoms with Gasteiger partial charge in [-0.15, -0.1) is 0 Å². The van der Waals surface area contributed by atoms with Crippen LogP contribution in [-0.2, 0) is 14.3 Å². The third kappa shape index (κ3) is 5.13. The summed E-state index contributed by atoms with van der Waals surface area (Å²) in [5.74, 6) is 0.792. The molecule has 23 heavy (non-hydrogen) atoms. The molecule has 0 aliphatic carbocycles. The molecule has 2 rings (SSSR count). The second-order valence-corrected chi connectivity index (χ2v) is 5.05. The van der Waals surface area contributed by atoms with Crippen LogP contribution in [-0.4, -0.2) is 52.5 Å². The molecular formula is C16H21N3O4. The lowest BCUT2D eigenvalue weighted by Crippen LogP contribution is -2.35. The van der Waals surface area contributed by atoms with E-state index in [0.29, 0.717) is 38.5 Å². The van der Waals surface area contributed by atoms with Crippen molar-refractivity contribution in [3.8, 4) is 6.07 Å². The maximum absolute atomic E-state index is 11.9. The molecule has 0 aromatic carbocycles. The first-order chi connectivity index (χ1) is 11.2. The smallest absolute Gasteiger partial charge is 0.262 e. The van der Waals surface area contributed by atoms with E-state index in [4.69, 9.17) is 19.2 Å². The van der Waals surface area contributed by atoms with Crippen molar-refractivity contribution >= 4 is 17.9 Å². The fraction of sp³-hybridized carbons (Fsp3) is 0.500. The van der Waals surface area contributed by atoms with E-state index in [2.05, 4.69) is 10.2 Å². The molecule has 1 aromatic heterocycles. The molecule has 0 radical (unpaired) electrons. The Bertz CT molecular complexity index is 582. The van der Waals surface area contributed by atoms with Gasteiger partial charge in [-0.2, -0.15) is 5.26 Å². The monoisotopic (exact) mass is 319 g/mol. The molecule has 0 bridgehead atoms. The Morgan fingerprint density at radius 2 is 2.26 bits per heavy atom. The Hall–Kier alpha value is -2.30. The Kier molecular flexibility index (Phi) is 6.66. The molecule has 0 atom stereocenters. The summed E-state index contributed by atoms with van der Waals surface area (Å²) in [5.41, 5.74) is 0.0188. The standard InChI is InChI=1S/C16H21N3O4/c1-21-8-2-5-18-16(20)13(12-17)11-14-3-4-15(23-14)19-6-9-22-10-7-19/h3-4,11H,2,5-10H2,1H3,(H,18,20)/b13-11+. The minimum atomic E-state index is -0.409. The zero-order valence-electron chi connectivity index (χ0n) is 13.2. The molecule has 124 valence electrons. The molecule has 0 unspecified atom stereocenters. The van der Waals surface area contributed by atoms with Gasteiger partial charge in [0.2, 0.25) is 0 Å². The van der Waals surface area contributed by atoms with Gasteiger partial charge in [0.15, 0.2) is 5.88 Å². The van der Waals surface area contributed by atoms with Crippen molar-refractivity contribution in [2.45, 2.75) is 6.42 Å². The number of morpholine rings is 1. The summed E-state index contributed by atoms with van der Waals surface area (Å²) in [6.45, 7) is 3.89. The number of rotatable bonds is 7. The van der Waals surface area contributed by atoms with Crippen LogP contribution in [0.15, 0.2) is 22.1 Å². The second kappa shape index (κ2) is 8.98. The van der Waals surface area contributed by atoms with Crippen LogP contribution in [0.25, 0.3) is 6.08 Å². The van der Waals surface area contributed by atoms with Gasteiger partial charge in [-0.1, -0.05) is 0 Å². The van der Waals surface area contributed by atoms with Crippen LogP contribution in [0.4, 0.5) is 5.88 Å². The predicted octanol–water partition coefficient (Wildman–Crippen LogP) is 1.18. The average molecular weight is 319 g/mol. The normalized spacial score (nSPS) is 15.3. The van der Waals surface area contributed by atoms with Gasteiger partial charge in [0.05, 0.1) is 13.2 Å². The van der Waals surface area contributed by atoms with E-state index in [-0.39, 0.29) is 5.57 Å². The first-order valence-electron chi connectivity index (χ1n) is 7.56. The van der Waals surface area contributed by atoms with E-state index in [1.807, 2.05) is 12.1 Å². The van der Waals surface area contributed by atoms with Gasteiger partial charge >= 0.3 is 0 Å². The average Bonchev–Trinajstić information content (AvgIpc) is 3.06. The minimum absolute atomic E-state index is 0.0188. The van der Waals surface area contributed by atoms with Crippen LogP contribution in [0, 0.1) is 11.3 Å². The third-order valence-electron chi connectivity index (χ3n) is 3.40. The third-order valence-corrected chi connectivity index (χ3v) is 3.40. The topological polar surface area (TPSA) is 87.7 Å². The van der Waals surface area contributed by atoms with Crippen LogP contribution in [0.1, 0.15) is 12.2 Å². The summed E-state index contributed by atoms with van der Waals surface area (Å²) < 4.78 is 15.9. The zero-order chi connectivity index (χ0) is 16.5. The van der Waals surface area contributed by atoms with Crippen molar-refractivity contribution in [2.24, 2.45) is 0 Å². The van der Waals surface area contributed by atoms with Gasteiger partial charge in [-0.25, -0.2) is 0 Å². The molecule has 0 spiro atoms. The number of ether oxygens (including phenoxy) is 2. The number of carbonyl (C=O) groups is 1. The van der Waals surface area contributed by atoms with Crippen molar-refractivity contribution in [2.75, 3.05) is 51.5 Å². The molecule has 1 aliphatic rings. The summed E-state index contributed by atoms with van der Waals surface area (Å²) >= 11 is 0. The largest absolute Gasteiger partial charge is 0.441 e. The summed E-state index contributed by atoms with van der Waals surface area (Å²) in [6, 6.07) is 5.49. The lowest BCUT2D eigenvalue weighted by molar-refractivity contribution is -0.117. The number of hydrogen-bond donors (Lipinski definition) is 1. The lowest BCUT2D eigenvalue weighted by Gasteiger charge is -2.26. The fourth-order valence-corrected chi connectivity index (χ4v) is 2.18. The Morgan fingerprint density at radius 3 is 2.96 bits per heavy atom. The van der Waals surface area contributed by atoms with Crippen LogP contribution >= 0.6 is 0 Å². The molecule has 1 N–H and O–H groups in total. The number of nitriles is 1. The number of amides is 1. The SMILES string of the molecule is COCCCNC(=O)/C(C#N)=C/c1ccc(N2CCOCC2)o1. The van der Waals surface area contributed by atoms with Crippen molar-refractivity contribution in [1.82, 2.24) is 5.32 Å². The van der Waals surface area contributed by atoms with Crippen molar-refractivity contribution in [3.05, 3.63) is 23.5 Å². The molecule has 7 heteroatoms. The number of furan rings is 1. The summed E-state index contributed by atoms with van der Waals surface area (Å²) in [5, 5.41) is 11.8. The van der Waals surface area contributed by atoms with E-state index < -0.39 is 5.91 Å². The minimum Gasteiger partial charge on any atom is -0.441 e.